The van der Waals surface area contributed by atoms with Crippen LogP contribution in [0, 0.1) is 0 Å². The maximum Gasteiger partial charge on any atom is 0.263 e. The van der Waals surface area contributed by atoms with Crippen LogP contribution in [0.1, 0.15) is 25.7 Å². The summed E-state index contributed by atoms with van der Waals surface area (Å²) in [6.45, 7) is 3.26. The Labute approximate surface area is 83.7 Å². The van der Waals surface area contributed by atoms with Crippen molar-refractivity contribution in [3.63, 3.8) is 0 Å². The molecule has 0 bridgehead atoms. The van der Waals surface area contributed by atoms with Crippen molar-refractivity contribution in [3.05, 3.63) is 0 Å². The average Bonchev–Trinajstić information content (AvgIpc) is 2.18. The molecule has 1 heterocycles. The Hall–Kier alpha value is -0.220. The van der Waals surface area contributed by atoms with Crippen LogP contribution in [-0.4, -0.2) is 43.0 Å². The third-order valence-electron chi connectivity index (χ3n) is 3.32. The van der Waals surface area contributed by atoms with E-state index in [4.69, 9.17) is 0 Å². The van der Waals surface area contributed by atoms with Crippen molar-refractivity contribution < 1.29 is 8.78 Å². The van der Waals surface area contributed by atoms with Crippen molar-refractivity contribution in [1.82, 2.24) is 10.2 Å². The van der Waals surface area contributed by atoms with Gasteiger partial charge >= 0.3 is 0 Å². The maximum absolute atomic E-state index is 13.6. The monoisotopic (exact) mass is 204 g/mol. The largest absolute Gasteiger partial charge is 0.314 e. The predicted octanol–water partition coefficient (Wildman–Crippen LogP) is 1.47. The average molecular weight is 204 g/mol. The van der Waals surface area contributed by atoms with E-state index < -0.39 is 12.0 Å². The van der Waals surface area contributed by atoms with E-state index in [1.165, 1.54) is 0 Å². The van der Waals surface area contributed by atoms with Crippen LogP contribution >= 0.6 is 0 Å². The summed E-state index contributed by atoms with van der Waals surface area (Å²) in [7, 11) is 0. The van der Waals surface area contributed by atoms with E-state index in [2.05, 4.69) is 5.32 Å². The fraction of sp³-hybridized carbons (Fsp3) is 1.00. The molecule has 82 valence electrons. The van der Waals surface area contributed by atoms with Gasteiger partial charge in [-0.25, -0.2) is 8.78 Å². The quantitative estimate of drug-likeness (QED) is 0.696. The first-order chi connectivity index (χ1) is 6.70. The van der Waals surface area contributed by atoms with Gasteiger partial charge in [0.15, 0.2) is 0 Å². The number of hydrogen-bond acceptors (Lipinski definition) is 2. The molecule has 1 aliphatic heterocycles. The lowest BCUT2D eigenvalue weighted by atomic mass is 9.90. The van der Waals surface area contributed by atoms with Crippen molar-refractivity contribution in [2.75, 3.05) is 26.2 Å². The number of nitrogens with one attached hydrogen (secondary N) is 1. The Morgan fingerprint density at radius 3 is 2.50 bits per heavy atom. The smallest absolute Gasteiger partial charge is 0.263 e. The summed E-state index contributed by atoms with van der Waals surface area (Å²) >= 11 is 0. The molecule has 0 aromatic heterocycles. The highest BCUT2D eigenvalue weighted by molar-refractivity contribution is 4.90. The summed E-state index contributed by atoms with van der Waals surface area (Å²) < 4.78 is 27.2. The van der Waals surface area contributed by atoms with E-state index >= 15 is 0 Å². The topological polar surface area (TPSA) is 15.3 Å². The molecule has 14 heavy (non-hydrogen) atoms. The summed E-state index contributed by atoms with van der Waals surface area (Å²) in [5, 5.41) is 3.19. The predicted molar refractivity (Wildman–Crippen MR) is 51.6 cm³/mol. The zero-order chi connectivity index (χ0) is 10.0. The summed E-state index contributed by atoms with van der Waals surface area (Å²) in [5.74, 6) is -2.45. The minimum atomic E-state index is -2.45. The molecular weight excluding hydrogens is 186 g/mol. The molecule has 1 unspecified atom stereocenters. The highest BCUT2D eigenvalue weighted by Gasteiger charge is 2.44. The summed E-state index contributed by atoms with van der Waals surface area (Å²) in [6, 6.07) is -0.488. The zero-order valence-electron chi connectivity index (χ0n) is 8.44. The van der Waals surface area contributed by atoms with Crippen LogP contribution in [0.5, 0.6) is 0 Å². The Morgan fingerprint density at radius 1 is 1.14 bits per heavy atom. The molecule has 0 aromatic rings. The fourth-order valence-corrected chi connectivity index (χ4v) is 2.52. The molecule has 1 atom stereocenters. The lowest BCUT2D eigenvalue weighted by Crippen LogP contribution is -2.55. The SMILES string of the molecule is FC1(F)CCCCC1N1CCNCC1. The van der Waals surface area contributed by atoms with Gasteiger partial charge in [0.2, 0.25) is 0 Å². The molecule has 1 N–H and O–H groups in total. The fourth-order valence-electron chi connectivity index (χ4n) is 2.52. The third-order valence-corrected chi connectivity index (χ3v) is 3.32. The van der Waals surface area contributed by atoms with Crippen molar-refractivity contribution in [1.29, 1.82) is 0 Å². The number of hydrogen-bond donors (Lipinski definition) is 1. The third kappa shape index (κ3) is 2.06. The molecule has 1 saturated heterocycles. The van der Waals surface area contributed by atoms with Crippen molar-refractivity contribution >= 4 is 0 Å². The van der Waals surface area contributed by atoms with Crippen LogP contribution in [-0.2, 0) is 0 Å². The minimum absolute atomic E-state index is 0.0849. The molecule has 1 aliphatic carbocycles. The van der Waals surface area contributed by atoms with Crippen LogP contribution in [0.15, 0.2) is 0 Å². The zero-order valence-corrected chi connectivity index (χ0v) is 8.44. The number of halogens is 2. The molecule has 0 amide bonds. The number of piperazine rings is 1. The van der Waals surface area contributed by atoms with E-state index in [-0.39, 0.29) is 6.42 Å². The summed E-state index contributed by atoms with van der Waals surface area (Å²) in [5.41, 5.74) is 0. The van der Waals surface area contributed by atoms with Crippen LogP contribution in [0.4, 0.5) is 8.78 Å². The van der Waals surface area contributed by atoms with Gasteiger partial charge in [-0.05, 0) is 12.8 Å². The first kappa shape index (κ1) is 10.3. The van der Waals surface area contributed by atoms with E-state index in [1.807, 2.05) is 4.90 Å². The summed E-state index contributed by atoms with van der Waals surface area (Å²) in [4.78, 5) is 1.97. The van der Waals surface area contributed by atoms with Gasteiger partial charge < -0.3 is 5.32 Å². The van der Waals surface area contributed by atoms with E-state index in [9.17, 15) is 8.78 Å². The van der Waals surface area contributed by atoms with Crippen LogP contribution in [0.25, 0.3) is 0 Å². The molecule has 2 fully saturated rings. The Balaban J connectivity index is 1.99. The number of nitrogens with zero attached hydrogens (tertiary/aromatic N) is 1. The van der Waals surface area contributed by atoms with Crippen LogP contribution in [0.2, 0.25) is 0 Å². The van der Waals surface area contributed by atoms with Gasteiger partial charge in [-0.1, -0.05) is 6.42 Å². The molecule has 2 aliphatic rings. The Bertz CT molecular complexity index is 191. The van der Waals surface area contributed by atoms with Gasteiger partial charge in [0.25, 0.3) is 5.92 Å². The highest BCUT2D eigenvalue weighted by Crippen LogP contribution is 2.36. The Kier molecular flexibility index (Phi) is 3.02. The van der Waals surface area contributed by atoms with Gasteiger partial charge in [0, 0.05) is 32.6 Å². The number of alkyl halides is 2. The van der Waals surface area contributed by atoms with Crippen molar-refractivity contribution in [2.24, 2.45) is 0 Å². The van der Waals surface area contributed by atoms with E-state index in [0.29, 0.717) is 12.8 Å². The first-order valence-corrected chi connectivity index (χ1v) is 5.53. The second-order valence-corrected chi connectivity index (χ2v) is 4.31. The standard InChI is InChI=1S/C10H18F2N2/c11-10(12)4-2-1-3-9(10)14-7-5-13-6-8-14/h9,13H,1-8H2. The van der Waals surface area contributed by atoms with Gasteiger partial charge in [-0.3, -0.25) is 4.90 Å². The van der Waals surface area contributed by atoms with Gasteiger partial charge in [0.1, 0.15) is 0 Å². The number of rotatable bonds is 1. The van der Waals surface area contributed by atoms with Crippen LogP contribution in [0.3, 0.4) is 0 Å². The summed E-state index contributed by atoms with van der Waals surface area (Å²) in [6.07, 6.45) is 2.41. The second-order valence-electron chi connectivity index (χ2n) is 4.31. The molecule has 1 saturated carbocycles. The van der Waals surface area contributed by atoms with E-state index in [0.717, 1.165) is 32.6 Å². The van der Waals surface area contributed by atoms with Gasteiger partial charge in [-0.15, -0.1) is 0 Å². The Morgan fingerprint density at radius 2 is 1.86 bits per heavy atom. The molecule has 0 radical (unpaired) electrons. The molecular formula is C10H18F2N2. The second kappa shape index (κ2) is 4.11. The maximum atomic E-state index is 13.6. The highest BCUT2D eigenvalue weighted by atomic mass is 19.3. The van der Waals surface area contributed by atoms with Crippen molar-refractivity contribution in [3.8, 4) is 0 Å². The molecule has 4 heteroatoms. The first-order valence-electron chi connectivity index (χ1n) is 5.53. The minimum Gasteiger partial charge on any atom is -0.314 e. The molecule has 2 rings (SSSR count). The van der Waals surface area contributed by atoms with Gasteiger partial charge in [-0.2, -0.15) is 0 Å². The lowest BCUT2D eigenvalue weighted by Gasteiger charge is -2.41. The molecule has 2 nitrogen and oxygen atoms in total. The molecule has 0 aromatic carbocycles. The lowest BCUT2D eigenvalue weighted by molar-refractivity contribution is -0.108. The van der Waals surface area contributed by atoms with Crippen LogP contribution < -0.4 is 5.32 Å². The van der Waals surface area contributed by atoms with E-state index in [1.54, 1.807) is 0 Å². The van der Waals surface area contributed by atoms with Crippen molar-refractivity contribution in [2.45, 2.75) is 37.6 Å². The normalized spacial score (nSPS) is 34.3. The van der Waals surface area contributed by atoms with Gasteiger partial charge in [0.05, 0.1) is 6.04 Å². The molecule has 0 spiro atoms.